The van der Waals surface area contributed by atoms with Crippen molar-refractivity contribution in [3.63, 3.8) is 0 Å². The van der Waals surface area contributed by atoms with Gasteiger partial charge in [-0.25, -0.2) is 0 Å². The summed E-state index contributed by atoms with van der Waals surface area (Å²) in [6.45, 7) is 5.55. The number of benzene rings is 1. The van der Waals surface area contributed by atoms with E-state index in [-0.39, 0.29) is 0 Å². The number of hydrogen-bond donors (Lipinski definition) is 1. The van der Waals surface area contributed by atoms with Gasteiger partial charge >= 0.3 is 0 Å². The second-order valence-corrected chi connectivity index (χ2v) is 6.43. The highest BCUT2D eigenvalue weighted by Crippen LogP contribution is 2.42. The fourth-order valence-electron chi connectivity index (χ4n) is 3.56. The molecule has 0 spiro atoms. The van der Waals surface area contributed by atoms with E-state index >= 15 is 0 Å². The molecule has 1 fully saturated rings. The zero-order chi connectivity index (χ0) is 13.5. The fraction of sp³-hybridized carbons (Fsp3) is 0.562. The first-order valence-electron chi connectivity index (χ1n) is 7.33. The third-order valence-corrected chi connectivity index (χ3v) is 5.25. The van der Waals surface area contributed by atoms with Gasteiger partial charge in [0.1, 0.15) is 0 Å². The molecule has 19 heavy (non-hydrogen) atoms. The summed E-state index contributed by atoms with van der Waals surface area (Å²) in [6.07, 6.45) is 6.71. The van der Waals surface area contributed by atoms with E-state index in [0.29, 0.717) is 5.41 Å². The number of nitrogens with one attached hydrogen (secondary N) is 1. The van der Waals surface area contributed by atoms with Crippen LogP contribution in [0.25, 0.3) is 11.0 Å². The van der Waals surface area contributed by atoms with Gasteiger partial charge in [0.15, 0.2) is 4.77 Å². The van der Waals surface area contributed by atoms with Gasteiger partial charge in [0.2, 0.25) is 0 Å². The highest BCUT2D eigenvalue weighted by molar-refractivity contribution is 7.71. The molecule has 1 N–H and O–H groups in total. The van der Waals surface area contributed by atoms with Gasteiger partial charge in [-0.15, -0.1) is 0 Å². The molecule has 1 aliphatic rings. The Morgan fingerprint density at radius 3 is 2.74 bits per heavy atom. The maximum atomic E-state index is 5.55. The molecule has 0 aliphatic heterocycles. The Hall–Kier alpha value is -1.09. The van der Waals surface area contributed by atoms with Crippen LogP contribution in [0.3, 0.4) is 0 Å². The summed E-state index contributed by atoms with van der Waals surface area (Å²) < 4.78 is 3.20. The molecule has 0 radical (unpaired) electrons. The van der Waals surface area contributed by atoms with E-state index in [2.05, 4.69) is 41.6 Å². The van der Waals surface area contributed by atoms with Crippen LogP contribution in [0.1, 0.15) is 44.6 Å². The quantitative estimate of drug-likeness (QED) is 0.783. The molecule has 1 aromatic carbocycles. The van der Waals surface area contributed by atoms with E-state index in [1.807, 2.05) is 0 Å². The van der Waals surface area contributed by atoms with Gasteiger partial charge in [0.25, 0.3) is 0 Å². The van der Waals surface area contributed by atoms with E-state index < -0.39 is 0 Å². The number of rotatable bonds is 3. The van der Waals surface area contributed by atoms with Crippen molar-refractivity contribution >= 4 is 23.3 Å². The molecule has 0 amide bonds. The summed E-state index contributed by atoms with van der Waals surface area (Å²) in [5, 5.41) is 0. The van der Waals surface area contributed by atoms with Gasteiger partial charge in [-0.1, -0.05) is 31.9 Å². The largest absolute Gasteiger partial charge is 0.330 e. The van der Waals surface area contributed by atoms with Crippen molar-refractivity contribution in [3.8, 4) is 0 Å². The Morgan fingerprint density at radius 2 is 2.05 bits per heavy atom. The predicted octanol–water partition coefficient (Wildman–Crippen LogP) is 4.98. The molecule has 1 aromatic heterocycles. The van der Waals surface area contributed by atoms with Crippen LogP contribution in [0.5, 0.6) is 0 Å². The molecule has 102 valence electrons. The molecule has 0 atom stereocenters. The molecule has 0 unspecified atom stereocenters. The van der Waals surface area contributed by atoms with Crippen LogP contribution < -0.4 is 0 Å². The Bertz CT molecular complexity index is 644. The predicted molar refractivity (Wildman–Crippen MR) is 83.1 cm³/mol. The molecule has 2 aromatic rings. The highest BCUT2D eigenvalue weighted by Gasteiger charge is 2.32. The van der Waals surface area contributed by atoms with Crippen molar-refractivity contribution in [3.05, 3.63) is 28.5 Å². The molecular formula is C16H22N2S. The van der Waals surface area contributed by atoms with Crippen molar-refractivity contribution in [2.45, 2.75) is 52.5 Å². The lowest BCUT2D eigenvalue weighted by Crippen LogP contribution is -2.22. The van der Waals surface area contributed by atoms with E-state index in [0.717, 1.165) is 11.3 Å². The molecular weight excluding hydrogens is 252 g/mol. The molecule has 0 saturated heterocycles. The molecule has 3 rings (SSSR count). The van der Waals surface area contributed by atoms with Crippen molar-refractivity contribution in [2.75, 3.05) is 0 Å². The first kappa shape index (κ1) is 12.9. The molecule has 3 heteroatoms. The maximum Gasteiger partial charge on any atom is 0.178 e. The zero-order valence-electron chi connectivity index (χ0n) is 11.8. The topological polar surface area (TPSA) is 20.7 Å². The third kappa shape index (κ3) is 2.14. The number of fused-ring (bicyclic) bond motifs is 1. The van der Waals surface area contributed by atoms with Crippen LogP contribution in [-0.2, 0) is 6.54 Å². The van der Waals surface area contributed by atoms with E-state index in [4.69, 9.17) is 12.2 Å². The summed E-state index contributed by atoms with van der Waals surface area (Å²) in [4.78, 5) is 3.39. The Morgan fingerprint density at radius 1 is 1.32 bits per heavy atom. The second-order valence-electron chi connectivity index (χ2n) is 6.05. The first-order chi connectivity index (χ1) is 9.15. The summed E-state index contributed by atoms with van der Waals surface area (Å²) in [5.74, 6) is 0. The molecule has 1 aliphatic carbocycles. The minimum Gasteiger partial charge on any atom is -0.330 e. The summed E-state index contributed by atoms with van der Waals surface area (Å²) in [6, 6.07) is 6.46. The van der Waals surface area contributed by atoms with Gasteiger partial charge < -0.3 is 9.55 Å². The summed E-state index contributed by atoms with van der Waals surface area (Å²) >= 11 is 5.55. The van der Waals surface area contributed by atoms with E-state index in [9.17, 15) is 0 Å². The number of nitrogens with zero attached hydrogens (tertiary/aromatic N) is 1. The van der Waals surface area contributed by atoms with Crippen molar-refractivity contribution < 1.29 is 0 Å². The standard InChI is InChI=1S/C16H22N2S/c1-3-16(9-4-5-10-16)11-18-13-8-6-7-12(2)14(13)17-15(18)19/h6-8H,3-5,9-11H2,1-2H3,(H,17,19). The van der Waals surface area contributed by atoms with Crippen LogP contribution in [0.2, 0.25) is 0 Å². The minimum absolute atomic E-state index is 0.469. The van der Waals surface area contributed by atoms with Crippen LogP contribution >= 0.6 is 12.2 Å². The number of imidazole rings is 1. The lowest BCUT2D eigenvalue weighted by molar-refractivity contribution is 0.239. The van der Waals surface area contributed by atoms with Gasteiger partial charge in [-0.2, -0.15) is 0 Å². The lowest BCUT2D eigenvalue weighted by Gasteiger charge is -2.28. The van der Waals surface area contributed by atoms with Gasteiger partial charge in [0, 0.05) is 6.54 Å². The van der Waals surface area contributed by atoms with Gasteiger partial charge in [-0.05, 0) is 55.4 Å². The van der Waals surface area contributed by atoms with Crippen molar-refractivity contribution in [2.24, 2.45) is 5.41 Å². The number of hydrogen-bond acceptors (Lipinski definition) is 1. The van der Waals surface area contributed by atoms with Gasteiger partial charge in [-0.3, -0.25) is 0 Å². The van der Waals surface area contributed by atoms with Crippen LogP contribution in [0.15, 0.2) is 18.2 Å². The van der Waals surface area contributed by atoms with Crippen molar-refractivity contribution in [1.82, 2.24) is 9.55 Å². The number of aromatic nitrogens is 2. The normalized spacial score (nSPS) is 18.2. The SMILES string of the molecule is CCC1(Cn2c(=S)[nH]c3c(C)cccc32)CCCC1. The van der Waals surface area contributed by atoms with Gasteiger partial charge in [0.05, 0.1) is 11.0 Å². The first-order valence-corrected chi connectivity index (χ1v) is 7.74. The number of para-hydroxylation sites is 1. The number of H-pyrrole nitrogens is 1. The number of aromatic amines is 1. The zero-order valence-corrected chi connectivity index (χ0v) is 12.6. The smallest absolute Gasteiger partial charge is 0.178 e. The monoisotopic (exact) mass is 274 g/mol. The van der Waals surface area contributed by atoms with E-state index in [1.165, 1.54) is 48.7 Å². The summed E-state index contributed by atoms with van der Waals surface area (Å²) in [7, 11) is 0. The highest BCUT2D eigenvalue weighted by atomic mass is 32.1. The minimum atomic E-state index is 0.469. The molecule has 0 bridgehead atoms. The van der Waals surface area contributed by atoms with E-state index in [1.54, 1.807) is 0 Å². The van der Waals surface area contributed by atoms with Crippen LogP contribution in [0, 0.1) is 17.1 Å². The maximum absolute atomic E-state index is 5.55. The van der Waals surface area contributed by atoms with Crippen LogP contribution in [0.4, 0.5) is 0 Å². The molecule has 1 heterocycles. The average molecular weight is 274 g/mol. The Kier molecular flexibility index (Phi) is 3.25. The van der Waals surface area contributed by atoms with Crippen LogP contribution in [-0.4, -0.2) is 9.55 Å². The Labute approximate surface area is 119 Å². The number of aryl methyl sites for hydroxylation is 1. The third-order valence-electron chi connectivity index (χ3n) is 4.93. The lowest BCUT2D eigenvalue weighted by atomic mass is 9.83. The molecule has 1 saturated carbocycles. The Balaban J connectivity index is 2.08. The van der Waals surface area contributed by atoms with Crippen molar-refractivity contribution in [1.29, 1.82) is 0 Å². The average Bonchev–Trinajstić information content (AvgIpc) is 2.99. The molecule has 2 nitrogen and oxygen atoms in total. The fourth-order valence-corrected chi connectivity index (χ4v) is 3.83. The summed E-state index contributed by atoms with van der Waals surface area (Å²) in [5.41, 5.74) is 4.22. The second kappa shape index (κ2) is 4.78.